The van der Waals surface area contributed by atoms with Gasteiger partial charge in [0.05, 0.1) is 25.4 Å². The van der Waals surface area contributed by atoms with Crippen LogP contribution >= 0.6 is 0 Å². The van der Waals surface area contributed by atoms with Gasteiger partial charge in [-0.05, 0) is 53.9 Å². The fourth-order valence-corrected chi connectivity index (χ4v) is 11.9. The van der Waals surface area contributed by atoms with Gasteiger partial charge in [0.15, 0.2) is 5.79 Å². The van der Waals surface area contributed by atoms with Gasteiger partial charge in [-0.15, -0.1) is 0 Å². The number of unbranched alkanes of at least 4 members (excludes halogenated alkanes) is 8. The summed E-state index contributed by atoms with van der Waals surface area (Å²) in [7, 11) is -2.69. The van der Waals surface area contributed by atoms with Gasteiger partial charge >= 0.3 is 0 Å². The van der Waals surface area contributed by atoms with Crippen LogP contribution in [-0.4, -0.2) is 56.3 Å². The average molecular weight is 667 g/mol. The van der Waals surface area contributed by atoms with Crippen molar-refractivity contribution in [3.05, 3.63) is 72.8 Å². The zero-order valence-corrected chi connectivity index (χ0v) is 31.4. The summed E-state index contributed by atoms with van der Waals surface area (Å²) in [6, 6.07) is 21.3. The SMILES string of the molecule is CCCCCCCC1(CCCCCC/C=C/[C@H](CO)[C@](O)(CC)CCO[Si](c2ccccc2)(c2ccccc2)C(C)(C)C)OCCO1. The van der Waals surface area contributed by atoms with Gasteiger partial charge in [-0.25, -0.2) is 0 Å². The van der Waals surface area contributed by atoms with E-state index in [9.17, 15) is 10.2 Å². The molecule has 1 heterocycles. The van der Waals surface area contributed by atoms with Gasteiger partial charge in [-0.2, -0.15) is 0 Å². The molecule has 1 saturated heterocycles. The third-order valence-corrected chi connectivity index (χ3v) is 15.3. The van der Waals surface area contributed by atoms with Crippen molar-refractivity contribution in [2.45, 2.75) is 141 Å². The van der Waals surface area contributed by atoms with Gasteiger partial charge in [-0.1, -0.05) is 146 Å². The topological polar surface area (TPSA) is 68.2 Å². The number of allylic oxidation sites excluding steroid dienone is 1. The third kappa shape index (κ3) is 11.4. The van der Waals surface area contributed by atoms with Crippen LogP contribution in [0.3, 0.4) is 0 Å². The lowest BCUT2D eigenvalue weighted by atomic mass is 9.82. The van der Waals surface area contributed by atoms with Crippen LogP contribution in [-0.2, 0) is 13.9 Å². The smallest absolute Gasteiger partial charge is 0.261 e. The van der Waals surface area contributed by atoms with Crippen LogP contribution in [0.5, 0.6) is 0 Å². The summed E-state index contributed by atoms with van der Waals surface area (Å²) < 4.78 is 19.3. The van der Waals surface area contributed by atoms with E-state index in [1.54, 1.807) is 0 Å². The van der Waals surface area contributed by atoms with Crippen molar-refractivity contribution < 1.29 is 24.1 Å². The van der Waals surface area contributed by atoms with Crippen molar-refractivity contribution in [1.82, 2.24) is 0 Å². The maximum absolute atomic E-state index is 11.8. The number of aliphatic hydroxyl groups is 2. The van der Waals surface area contributed by atoms with Crippen LogP contribution in [0.1, 0.15) is 125 Å². The second-order valence-electron chi connectivity index (χ2n) is 14.7. The number of aliphatic hydroxyl groups excluding tert-OH is 1. The number of ether oxygens (including phenoxy) is 2. The standard InChI is InChI=1S/C41H66O5Si/c1-6-8-9-13-22-29-41(44-33-34-45-41)30-23-14-11-10-12-17-24-36(35-42)40(43,7-2)31-32-46-47(39(3,4)5,37-25-18-15-19-26-37)38-27-20-16-21-28-38/h15-21,24-28,36,42-43H,6-14,22-23,29-35H2,1-5H3/b24-17+/t36-,40+/m1/s1. The Morgan fingerprint density at radius 2 is 1.34 bits per heavy atom. The van der Waals surface area contributed by atoms with E-state index in [2.05, 4.69) is 94.4 Å². The number of hydrogen-bond donors (Lipinski definition) is 2. The molecular formula is C41H66O5Si. The minimum Gasteiger partial charge on any atom is -0.407 e. The maximum atomic E-state index is 11.8. The van der Waals surface area contributed by atoms with Crippen LogP contribution in [0.25, 0.3) is 0 Å². The zero-order chi connectivity index (χ0) is 34.1. The molecule has 0 aromatic heterocycles. The van der Waals surface area contributed by atoms with E-state index in [1.165, 1.54) is 48.9 Å². The zero-order valence-electron chi connectivity index (χ0n) is 30.4. The highest BCUT2D eigenvalue weighted by atomic mass is 28.4. The molecule has 0 saturated carbocycles. The lowest BCUT2D eigenvalue weighted by molar-refractivity contribution is -0.168. The first-order chi connectivity index (χ1) is 22.7. The minimum absolute atomic E-state index is 0.0828. The molecule has 0 bridgehead atoms. The lowest BCUT2D eigenvalue weighted by Crippen LogP contribution is -2.66. The molecule has 1 fully saturated rings. The molecule has 0 amide bonds. The van der Waals surface area contributed by atoms with E-state index in [0.717, 1.165) is 51.7 Å². The number of benzene rings is 2. The fourth-order valence-electron chi connectivity index (χ4n) is 7.36. The van der Waals surface area contributed by atoms with Crippen molar-refractivity contribution in [3.8, 4) is 0 Å². The van der Waals surface area contributed by atoms with E-state index >= 15 is 0 Å². The number of hydrogen-bond acceptors (Lipinski definition) is 5. The monoisotopic (exact) mass is 666 g/mol. The molecule has 47 heavy (non-hydrogen) atoms. The quantitative estimate of drug-likeness (QED) is 0.0706. The van der Waals surface area contributed by atoms with E-state index in [1.807, 2.05) is 13.0 Å². The van der Waals surface area contributed by atoms with Crippen molar-refractivity contribution >= 4 is 18.7 Å². The molecule has 1 aliphatic heterocycles. The van der Waals surface area contributed by atoms with Gasteiger partial charge in [0.1, 0.15) is 0 Å². The van der Waals surface area contributed by atoms with Crippen LogP contribution < -0.4 is 10.4 Å². The normalized spacial score (nSPS) is 17.3. The summed E-state index contributed by atoms with van der Waals surface area (Å²) in [4.78, 5) is 0. The Kier molecular flexibility index (Phi) is 16.9. The first kappa shape index (κ1) is 39.6. The van der Waals surface area contributed by atoms with Crippen molar-refractivity contribution in [2.75, 3.05) is 26.4 Å². The Hall–Kier alpha value is -1.80. The summed E-state index contributed by atoms with van der Waals surface area (Å²) in [5.41, 5.74) is -1.04. The molecule has 5 nitrogen and oxygen atoms in total. The summed E-state index contributed by atoms with van der Waals surface area (Å²) in [6.45, 7) is 12.9. The summed E-state index contributed by atoms with van der Waals surface area (Å²) >= 11 is 0. The van der Waals surface area contributed by atoms with Crippen molar-refractivity contribution in [3.63, 3.8) is 0 Å². The van der Waals surface area contributed by atoms with Crippen LogP contribution in [0.15, 0.2) is 72.8 Å². The van der Waals surface area contributed by atoms with Crippen LogP contribution in [0.2, 0.25) is 5.04 Å². The molecule has 0 radical (unpaired) electrons. The molecule has 6 heteroatoms. The third-order valence-electron chi connectivity index (χ3n) is 10.3. The summed E-state index contributed by atoms with van der Waals surface area (Å²) in [5.74, 6) is -0.671. The molecule has 0 unspecified atom stereocenters. The highest BCUT2D eigenvalue weighted by Gasteiger charge is 2.50. The Balaban J connectivity index is 1.51. The maximum Gasteiger partial charge on any atom is 0.261 e. The number of rotatable bonds is 23. The molecule has 2 N–H and O–H groups in total. The van der Waals surface area contributed by atoms with Crippen molar-refractivity contribution in [1.29, 1.82) is 0 Å². The van der Waals surface area contributed by atoms with Crippen LogP contribution in [0.4, 0.5) is 0 Å². The molecule has 2 aromatic rings. The Morgan fingerprint density at radius 1 is 0.809 bits per heavy atom. The molecule has 3 rings (SSSR count). The van der Waals surface area contributed by atoms with Gasteiger partial charge in [-0.3, -0.25) is 0 Å². The first-order valence-electron chi connectivity index (χ1n) is 18.7. The van der Waals surface area contributed by atoms with E-state index in [0.29, 0.717) is 19.4 Å². The predicted molar refractivity (Wildman–Crippen MR) is 199 cm³/mol. The van der Waals surface area contributed by atoms with E-state index in [4.69, 9.17) is 13.9 Å². The van der Waals surface area contributed by atoms with Gasteiger partial charge in [0.2, 0.25) is 0 Å². The predicted octanol–water partition coefficient (Wildman–Crippen LogP) is 8.70. The Labute approximate surface area is 288 Å². The molecule has 0 spiro atoms. The summed E-state index contributed by atoms with van der Waals surface area (Å²) in [6.07, 6.45) is 19.1. The van der Waals surface area contributed by atoms with Gasteiger partial charge in [0.25, 0.3) is 8.32 Å². The Morgan fingerprint density at radius 3 is 1.83 bits per heavy atom. The molecule has 2 aromatic carbocycles. The molecule has 264 valence electrons. The highest BCUT2D eigenvalue weighted by Crippen LogP contribution is 2.38. The molecule has 1 aliphatic rings. The molecular weight excluding hydrogens is 601 g/mol. The van der Waals surface area contributed by atoms with Gasteiger partial charge < -0.3 is 24.1 Å². The minimum atomic E-state index is -2.69. The highest BCUT2D eigenvalue weighted by molar-refractivity contribution is 6.99. The Bertz CT molecular complexity index is 1090. The van der Waals surface area contributed by atoms with Crippen molar-refractivity contribution in [2.24, 2.45) is 5.92 Å². The van der Waals surface area contributed by atoms with E-state index in [-0.39, 0.29) is 23.4 Å². The molecule has 0 aliphatic carbocycles. The second kappa shape index (κ2) is 20.0. The largest absolute Gasteiger partial charge is 0.407 e. The summed E-state index contributed by atoms with van der Waals surface area (Å²) in [5, 5.41) is 24.5. The average Bonchev–Trinajstić information content (AvgIpc) is 3.55. The van der Waals surface area contributed by atoms with E-state index < -0.39 is 13.9 Å². The van der Waals surface area contributed by atoms with Gasteiger partial charge in [0, 0.05) is 25.4 Å². The second-order valence-corrected chi connectivity index (χ2v) is 19.0. The fraction of sp³-hybridized carbons (Fsp3) is 0.659. The lowest BCUT2D eigenvalue weighted by Gasteiger charge is -2.44. The van der Waals surface area contributed by atoms with Crippen LogP contribution in [0, 0.1) is 5.92 Å². The molecule has 2 atom stereocenters. The first-order valence-corrected chi connectivity index (χ1v) is 20.6.